The fourth-order valence-corrected chi connectivity index (χ4v) is 4.59. The first-order valence-electron chi connectivity index (χ1n) is 10.1. The Balaban J connectivity index is 1.26. The molecule has 4 heterocycles. The van der Waals surface area contributed by atoms with Crippen LogP contribution < -0.4 is 5.32 Å². The summed E-state index contributed by atoms with van der Waals surface area (Å²) in [7, 11) is 0. The predicted octanol–water partition coefficient (Wildman–Crippen LogP) is 3.86. The van der Waals surface area contributed by atoms with Gasteiger partial charge in [0.15, 0.2) is 5.76 Å². The lowest BCUT2D eigenvalue weighted by Gasteiger charge is -2.31. The first-order chi connectivity index (χ1) is 14.7. The molecule has 0 radical (unpaired) electrons. The third-order valence-corrected chi connectivity index (χ3v) is 6.76. The summed E-state index contributed by atoms with van der Waals surface area (Å²) in [5.74, 6) is 1.80. The molecule has 1 aromatic carbocycles. The predicted molar refractivity (Wildman–Crippen MR) is 117 cm³/mol. The zero-order valence-electron chi connectivity index (χ0n) is 16.4. The molecule has 30 heavy (non-hydrogen) atoms. The summed E-state index contributed by atoms with van der Waals surface area (Å²) in [5.41, 5.74) is 3.01. The van der Waals surface area contributed by atoms with E-state index >= 15 is 0 Å². The number of thiophene rings is 1. The molecule has 2 aliphatic rings. The SMILES string of the molecule is O=C(NCc1cc(-c2ccc(C(N3CCC3)=[N+]3CCC3)cc2)no1)c1ccc(Cl)s1. The number of amidine groups is 1. The van der Waals surface area contributed by atoms with Gasteiger partial charge in [-0.3, -0.25) is 14.3 Å². The van der Waals surface area contributed by atoms with Gasteiger partial charge in [-0.05, 0) is 24.3 Å². The Labute approximate surface area is 183 Å². The molecule has 0 bridgehead atoms. The number of likely N-dealkylation sites (tertiary alicyclic amines) is 1. The molecule has 0 aliphatic carbocycles. The van der Waals surface area contributed by atoms with E-state index in [0.29, 0.717) is 15.0 Å². The molecule has 5 rings (SSSR count). The van der Waals surface area contributed by atoms with E-state index in [-0.39, 0.29) is 12.5 Å². The molecule has 1 N–H and O–H groups in total. The molecule has 2 aliphatic heterocycles. The second-order valence-electron chi connectivity index (χ2n) is 7.55. The Morgan fingerprint density at radius 2 is 1.97 bits per heavy atom. The second kappa shape index (κ2) is 8.24. The Morgan fingerprint density at radius 1 is 1.17 bits per heavy atom. The molecule has 0 atom stereocenters. The lowest BCUT2D eigenvalue weighted by atomic mass is 10.0. The third kappa shape index (κ3) is 3.87. The average Bonchev–Trinajstić information content (AvgIpc) is 3.32. The van der Waals surface area contributed by atoms with Crippen LogP contribution in [0.25, 0.3) is 11.3 Å². The quantitative estimate of drug-likeness (QED) is 0.482. The zero-order valence-corrected chi connectivity index (χ0v) is 18.0. The van der Waals surface area contributed by atoms with Crippen molar-refractivity contribution < 1.29 is 13.9 Å². The Morgan fingerprint density at radius 3 is 2.57 bits per heavy atom. The van der Waals surface area contributed by atoms with Crippen LogP contribution in [0, 0.1) is 0 Å². The van der Waals surface area contributed by atoms with Crippen LogP contribution in [0.4, 0.5) is 0 Å². The van der Waals surface area contributed by atoms with Gasteiger partial charge in [-0.15, -0.1) is 11.3 Å². The van der Waals surface area contributed by atoms with Gasteiger partial charge in [-0.1, -0.05) is 28.9 Å². The molecule has 1 amide bonds. The second-order valence-corrected chi connectivity index (χ2v) is 9.26. The van der Waals surface area contributed by atoms with Crippen molar-refractivity contribution >= 4 is 34.7 Å². The smallest absolute Gasteiger partial charge is 0.279 e. The summed E-state index contributed by atoms with van der Waals surface area (Å²) in [4.78, 5) is 15.2. The number of halogens is 1. The maximum atomic E-state index is 12.1. The van der Waals surface area contributed by atoms with Crippen LogP contribution >= 0.6 is 22.9 Å². The summed E-state index contributed by atoms with van der Waals surface area (Å²) in [6.45, 7) is 4.85. The highest BCUT2D eigenvalue weighted by atomic mass is 35.5. The highest BCUT2D eigenvalue weighted by Gasteiger charge is 2.32. The van der Waals surface area contributed by atoms with Crippen LogP contribution in [-0.2, 0) is 6.54 Å². The topological polar surface area (TPSA) is 61.4 Å². The van der Waals surface area contributed by atoms with E-state index in [1.807, 2.05) is 6.07 Å². The van der Waals surface area contributed by atoms with Crippen molar-refractivity contribution in [1.29, 1.82) is 0 Å². The fraction of sp³-hybridized carbons (Fsp3) is 0.318. The number of hydrogen-bond donors (Lipinski definition) is 1. The van der Waals surface area contributed by atoms with Crippen molar-refractivity contribution in [2.24, 2.45) is 0 Å². The lowest BCUT2D eigenvalue weighted by Crippen LogP contribution is -2.49. The lowest BCUT2D eigenvalue weighted by molar-refractivity contribution is -0.587. The van der Waals surface area contributed by atoms with Crippen LogP contribution in [0.1, 0.15) is 33.8 Å². The molecule has 2 fully saturated rings. The molecule has 8 heteroatoms. The first-order valence-corrected chi connectivity index (χ1v) is 11.3. The van der Waals surface area contributed by atoms with E-state index in [1.54, 1.807) is 12.1 Å². The zero-order chi connectivity index (χ0) is 20.5. The molecule has 0 saturated carbocycles. The van der Waals surface area contributed by atoms with Gasteiger partial charge in [0.2, 0.25) is 0 Å². The van der Waals surface area contributed by atoms with Gasteiger partial charge in [0.25, 0.3) is 11.7 Å². The number of aromatic nitrogens is 1. The molecule has 0 unspecified atom stereocenters. The van der Waals surface area contributed by atoms with Gasteiger partial charge in [-0.2, -0.15) is 0 Å². The largest absolute Gasteiger partial charge is 0.359 e. The van der Waals surface area contributed by atoms with E-state index in [1.165, 1.54) is 35.6 Å². The van der Waals surface area contributed by atoms with Gasteiger partial charge in [0, 0.05) is 24.5 Å². The Hall–Kier alpha value is -2.64. The average molecular weight is 442 g/mol. The molecule has 154 valence electrons. The highest BCUT2D eigenvalue weighted by Crippen LogP contribution is 2.23. The van der Waals surface area contributed by atoms with Crippen molar-refractivity contribution in [3.05, 3.63) is 63.0 Å². The van der Waals surface area contributed by atoms with Crippen molar-refractivity contribution in [2.45, 2.75) is 19.4 Å². The van der Waals surface area contributed by atoms with E-state index in [2.05, 4.69) is 44.2 Å². The number of nitrogens with zero attached hydrogens (tertiary/aromatic N) is 3. The number of carbonyl (C=O) groups is 1. The normalized spacial score (nSPS) is 15.5. The fourth-order valence-electron chi connectivity index (χ4n) is 3.63. The maximum Gasteiger partial charge on any atom is 0.279 e. The molecule has 3 aromatic rings. The molecular formula is C22H22ClN4O2S+. The minimum absolute atomic E-state index is 0.172. The van der Waals surface area contributed by atoms with Crippen LogP contribution in [0.2, 0.25) is 4.34 Å². The van der Waals surface area contributed by atoms with Crippen LogP contribution in [0.5, 0.6) is 0 Å². The van der Waals surface area contributed by atoms with Crippen molar-refractivity contribution in [1.82, 2.24) is 15.4 Å². The van der Waals surface area contributed by atoms with Gasteiger partial charge >= 0.3 is 0 Å². The molecule has 2 aromatic heterocycles. The highest BCUT2D eigenvalue weighted by molar-refractivity contribution is 7.17. The standard InChI is InChI=1S/C22H21ClN4O2S/c23-20-8-7-19(30-20)21(28)24-14-17-13-18(25-29-17)15-3-5-16(6-4-15)22(26-9-1-10-26)27-11-2-12-27/h3-8,13H,1-2,9-12,14H2/p+1. The summed E-state index contributed by atoms with van der Waals surface area (Å²) < 4.78 is 8.46. The number of carbonyl (C=O) groups excluding carboxylic acids is 1. The van der Waals surface area contributed by atoms with E-state index in [0.717, 1.165) is 37.4 Å². The van der Waals surface area contributed by atoms with E-state index in [9.17, 15) is 4.79 Å². The van der Waals surface area contributed by atoms with Gasteiger partial charge in [0.05, 0.1) is 47.5 Å². The molecule has 2 saturated heterocycles. The number of hydrogen-bond acceptors (Lipinski definition) is 4. The Kier molecular flexibility index (Phi) is 5.31. The van der Waals surface area contributed by atoms with Crippen LogP contribution in [0.3, 0.4) is 0 Å². The number of amides is 1. The van der Waals surface area contributed by atoms with Crippen molar-refractivity contribution in [3.63, 3.8) is 0 Å². The summed E-state index contributed by atoms with van der Waals surface area (Å²) in [5, 5.41) is 7.00. The van der Waals surface area contributed by atoms with Crippen molar-refractivity contribution in [2.75, 3.05) is 26.2 Å². The first kappa shape index (κ1) is 19.3. The molecule has 6 nitrogen and oxygen atoms in total. The summed E-state index contributed by atoms with van der Waals surface area (Å²) >= 11 is 7.13. The summed E-state index contributed by atoms with van der Waals surface area (Å²) in [6, 6.07) is 13.8. The number of rotatable bonds is 5. The Bertz CT molecular complexity index is 1090. The maximum absolute atomic E-state index is 12.1. The molecule has 0 spiro atoms. The number of benzene rings is 1. The summed E-state index contributed by atoms with van der Waals surface area (Å²) in [6.07, 6.45) is 2.54. The number of nitrogens with one attached hydrogen (secondary N) is 1. The monoisotopic (exact) mass is 441 g/mol. The van der Waals surface area contributed by atoms with Crippen molar-refractivity contribution in [3.8, 4) is 11.3 Å². The van der Waals surface area contributed by atoms with Crippen LogP contribution in [-0.4, -0.2) is 52.6 Å². The van der Waals surface area contributed by atoms with Gasteiger partial charge < -0.3 is 9.84 Å². The molecular weight excluding hydrogens is 420 g/mol. The van der Waals surface area contributed by atoms with Crippen LogP contribution in [0.15, 0.2) is 47.0 Å². The third-order valence-electron chi connectivity index (χ3n) is 5.53. The van der Waals surface area contributed by atoms with E-state index < -0.39 is 0 Å². The van der Waals surface area contributed by atoms with E-state index in [4.69, 9.17) is 16.1 Å². The van der Waals surface area contributed by atoms with Gasteiger partial charge in [0.1, 0.15) is 5.69 Å². The van der Waals surface area contributed by atoms with Gasteiger partial charge in [-0.25, -0.2) is 0 Å². The minimum atomic E-state index is -0.172. The minimum Gasteiger partial charge on any atom is -0.359 e.